The highest BCUT2D eigenvalue weighted by molar-refractivity contribution is 5.74. The minimum absolute atomic E-state index is 0.0502. The van der Waals surface area contributed by atoms with E-state index < -0.39 is 0 Å². The molecule has 2 atom stereocenters. The van der Waals surface area contributed by atoms with Crippen LogP contribution in [0.3, 0.4) is 0 Å². The lowest BCUT2D eigenvalue weighted by Crippen LogP contribution is -2.50. The molecule has 1 aliphatic carbocycles. The van der Waals surface area contributed by atoms with E-state index in [1.165, 1.54) is 18.4 Å². The van der Waals surface area contributed by atoms with Crippen molar-refractivity contribution in [2.75, 3.05) is 13.1 Å². The van der Waals surface area contributed by atoms with E-state index in [2.05, 4.69) is 35.7 Å². The summed E-state index contributed by atoms with van der Waals surface area (Å²) in [5, 5.41) is 12.2. The SMILES string of the molecule is N#CC1CCN(C(=O)N[C@@H]2CCCC[C@H]2c2ccccc2)CC1. The summed E-state index contributed by atoms with van der Waals surface area (Å²) in [4.78, 5) is 14.4. The van der Waals surface area contributed by atoms with E-state index in [0.717, 1.165) is 25.7 Å². The number of hydrogen-bond donors (Lipinski definition) is 1. The Morgan fingerprint density at radius 1 is 1.09 bits per heavy atom. The third-order valence-corrected chi connectivity index (χ3v) is 5.27. The molecule has 3 rings (SSSR count). The first-order valence-corrected chi connectivity index (χ1v) is 8.78. The maximum atomic E-state index is 12.6. The van der Waals surface area contributed by atoms with Gasteiger partial charge in [0.05, 0.1) is 6.07 Å². The summed E-state index contributed by atoms with van der Waals surface area (Å²) in [7, 11) is 0. The summed E-state index contributed by atoms with van der Waals surface area (Å²) in [5.74, 6) is 0.538. The van der Waals surface area contributed by atoms with Gasteiger partial charge in [-0.15, -0.1) is 0 Å². The molecule has 122 valence electrons. The van der Waals surface area contributed by atoms with Crippen LogP contribution in [-0.2, 0) is 0 Å². The monoisotopic (exact) mass is 311 g/mol. The van der Waals surface area contributed by atoms with Gasteiger partial charge in [0.15, 0.2) is 0 Å². The largest absolute Gasteiger partial charge is 0.335 e. The second kappa shape index (κ2) is 7.50. The Kier molecular flexibility index (Phi) is 5.17. The minimum Gasteiger partial charge on any atom is -0.335 e. The molecule has 0 aromatic heterocycles. The minimum atomic E-state index is 0.0502. The third kappa shape index (κ3) is 3.85. The van der Waals surface area contributed by atoms with Gasteiger partial charge in [-0.1, -0.05) is 43.2 Å². The Morgan fingerprint density at radius 3 is 2.48 bits per heavy atom. The van der Waals surface area contributed by atoms with Gasteiger partial charge in [0, 0.05) is 31.0 Å². The normalized spacial score (nSPS) is 25.6. The molecular formula is C19H25N3O. The third-order valence-electron chi connectivity index (χ3n) is 5.27. The molecule has 0 radical (unpaired) electrons. The number of nitrogens with one attached hydrogen (secondary N) is 1. The first-order chi connectivity index (χ1) is 11.3. The number of hydrogen-bond acceptors (Lipinski definition) is 2. The number of benzene rings is 1. The van der Waals surface area contributed by atoms with Gasteiger partial charge in [0.2, 0.25) is 0 Å². The fraction of sp³-hybridized carbons (Fsp3) is 0.579. The molecule has 4 heteroatoms. The van der Waals surface area contributed by atoms with Gasteiger partial charge in [0.1, 0.15) is 0 Å². The molecular weight excluding hydrogens is 286 g/mol. The van der Waals surface area contributed by atoms with Crippen molar-refractivity contribution >= 4 is 6.03 Å². The van der Waals surface area contributed by atoms with Crippen LogP contribution in [0, 0.1) is 17.2 Å². The lowest BCUT2D eigenvalue weighted by atomic mass is 9.80. The van der Waals surface area contributed by atoms with Gasteiger partial charge in [-0.25, -0.2) is 4.79 Å². The average Bonchev–Trinajstić information content (AvgIpc) is 2.63. The zero-order valence-electron chi connectivity index (χ0n) is 13.6. The van der Waals surface area contributed by atoms with Crippen LogP contribution in [0.15, 0.2) is 30.3 Å². The molecule has 1 heterocycles. The van der Waals surface area contributed by atoms with E-state index in [-0.39, 0.29) is 18.0 Å². The van der Waals surface area contributed by atoms with Gasteiger partial charge in [-0.05, 0) is 31.2 Å². The van der Waals surface area contributed by atoms with Crippen LogP contribution in [0.25, 0.3) is 0 Å². The number of carbonyl (C=O) groups is 1. The maximum absolute atomic E-state index is 12.6. The molecule has 1 aliphatic heterocycles. The van der Waals surface area contributed by atoms with Crippen LogP contribution in [-0.4, -0.2) is 30.1 Å². The van der Waals surface area contributed by atoms with E-state index in [9.17, 15) is 4.79 Å². The summed E-state index contributed by atoms with van der Waals surface area (Å²) in [6, 6.07) is 13.1. The lowest BCUT2D eigenvalue weighted by Gasteiger charge is -2.36. The topological polar surface area (TPSA) is 56.1 Å². The highest BCUT2D eigenvalue weighted by atomic mass is 16.2. The Bertz CT molecular complexity index is 558. The van der Waals surface area contributed by atoms with Gasteiger partial charge in [0.25, 0.3) is 0 Å². The van der Waals surface area contributed by atoms with Crippen LogP contribution < -0.4 is 5.32 Å². The number of urea groups is 1. The number of carbonyl (C=O) groups excluding carboxylic acids is 1. The number of nitriles is 1. The second-order valence-corrected chi connectivity index (χ2v) is 6.75. The van der Waals surface area contributed by atoms with Crippen molar-refractivity contribution in [2.45, 2.75) is 50.5 Å². The van der Waals surface area contributed by atoms with Crippen molar-refractivity contribution in [3.05, 3.63) is 35.9 Å². The average molecular weight is 311 g/mol. The Balaban J connectivity index is 1.61. The van der Waals surface area contributed by atoms with E-state index in [4.69, 9.17) is 5.26 Å². The van der Waals surface area contributed by atoms with E-state index >= 15 is 0 Å². The summed E-state index contributed by atoms with van der Waals surface area (Å²) in [5.41, 5.74) is 1.33. The molecule has 2 amide bonds. The quantitative estimate of drug-likeness (QED) is 0.906. The molecule has 2 fully saturated rings. The maximum Gasteiger partial charge on any atom is 0.317 e. The molecule has 1 aromatic carbocycles. The number of rotatable bonds is 2. The van der Waals surface area contributed by atoms with E-state index in [0.29, 0.717) is 19.0 Å². The predicted molar refractivity (Wildman–Crippen MR) is 89.9 cm³/mol. The first-order valence-electron chi connectivity index (χ1n) is 8.78. The Hall–Kier alpha value is -2.02. The molecule has 1 N–H and O–H groups in total. The molecule has 1 saturated heterocycles. The number of nitrogens with zero attached hydrogens (tertiary/aromatic N) is 2. The summed E-state index contributed by atoms with van der Waals surface area (Å²) < 4.78 is 0. The Labute approximate surface area is 138 Å². The molecule has 0 bridgehead atoms. The molecule has 1 aromatic rings. The number of piperidine rings is 1. The number of amides is 2. The highest BCUT2D eigenvalue weighted by Gasteiger charge is 2.30. The number of likely N-dealkylation sites (tertiary alicyclic amines) is 1. The van der Waals surface area contributed by atoms with Crippen LogP contribution in [0.4, 0.5) is 4.79 Å². The highest BCUT2D eigenvalue weighted by Crippen LogP contribution is 2.33. The van der Waals surface area contributed by atoms with Crippen molar-refractivity contribution in [2.24, 2.45) is 5.92 Å². The van der Waals surface area contributed by atoms with Crippen LogP contribution in [0.1, 0.15) is 50.0 Å². The van der Waals surface area contributed by atoms with Crippen molar-refractivity contribution < 1.29 is 4.79 Å². The van der Waals surface area contributed by atoms with Crippen LogP contribution >= 0.6 is 0 Å². The molecule has 1 saturated carbocycles. The van der Waals surface area contributed by atoms with Gasteiger partial charge in [-0.2, -0.15) is 5.26 Å². The van der Waals surface area contributed by atoms with Gasteiger partial charge < -0.3 is 10.2 Å². The van der Waals surface area contributed by atoms with Crippen molar-refractivity contribution in [1.82, 2.24) is 10.2 Å². The van der Waals surface area contributed by atoms with Gasteiger partial charge in [-0.3, -0.25) is 0 Å². The predicted octanol–water partition coefficient (Wildman–Crippen LogP) is 3.66. The summed E-state index contributed by atoms with van der Waals surface area (Å²) in [6.45, 7) is 1.40. The standard InChI is InChI=1S/C19H25N3O/c20-14-15-10-12-22(13-11-15)19(23)21-18-9-5-4-8-17(18)16-6-2-1-3-7-16/h1-3,6-7,15,17-18H,4-5,8-13H2,(H,21,23)/t17-,18+/m0/s1. The van der Waals surface area contributed by atoms with E-state index in [1.54, 1.807) is 0 Å². The zero-order chi connectivity index (χ0) is 16.1. The fourth-order valence-electron chi connectivity index (χ4n) is 3.86. The Morgan fingerprint density at radius 2 is 1.78 bits per heavy atom. The molecule has 0 spiro atoms. The van der Waals surface area contributed by atoms with Crippen molar-refractivity contribution in [1.29, 1.82) is 5.26 Å². The second-order valence-electron chi connectivity index (χ2n) is 6.75. The van der Waals surface area contributed by atoms with Gasteiger partial charge >= 0.3 is 6.03 Å². The smallest absolute Gasteiger partial charge is 0.317 e. The first kappa shape index (κ1) is 15.9. The summed E-state index contributed by atoms with van der Waals surface area (Å²) >= 11 is 0. The van der Waals surface area contributed by atoms with Crippen molar-refractivity contribution in [3.63, 3.8) is 0 Å². The lowest BCUT2D eigenvalue weighted by molar-refractivity contribution is 0.170. The zero-order valence-corrected chi connectivity index (χ0v) is 13.6. The molecule has 2 aliphatic rings. The molecule has 23 heavy (non-hydrogen) atoms. The van der Waals surface area contributed by atoms with Crippen LogP contribution in [0.5, 0.6) is 0 Å². The fourth-order valence-corrected chi connectivity index (χ4v) is 3.86. The molecule has 0 unspecified atom stereocenters. The van der Waals surface area contributed by atoms with E-state index in [1.807, 2.05) is 11.0 Å². The summed E-state index contributed by atoms with van der Waals surface area (Å²) in [6.07, 6.45) is 6.23. The van der Waals surface area contributed by atoms with Crippen LogP contribution in [0.2, 0.25) is 0 Å². The molecule has 4 nitrogen and oxygen atoms in total. The van der Waals surface area contributed by atoms with Crippen molar-refractivity contribution in [3.8, 4) is 6.07 Å².